The maximum atomic E-state index is 10.3. The van der Waals surface area contributed by atoms with Gasteiger partial charge >= 0.3 is 0 Å². The van der Waals surface area contributed by atoms with Gasteiger partial charge in [-0.15, -0.1) is 0 Å². The molecule has 2 aromatic carbocycles. The highest BCUT2D eigenvalue weighted by atomic mass is 16.7. The van der Waals surface area contributed by atoms with Crippen molar-refractivity contribution < 1.29 is 29.2 Å². The Morgan fingerprint density at radius 1 is 0.724 bits per heavy atom. The predicted octanol–water partition coefficient (Wildman–Crippen LogP) is 4.63. The van der Waals surface area contributed by atoms with Gasteiger partial charge in [-0.25, -0.2) is 0 Å². The summed E-state index contributed by atoms with van der Waals surface area (Å²) < 4.78 is 23.4. The van der Waals surface area contributed by atoms with Gasteiger partial charge in [-0.1, -0.05) is 27.7 Å². The lowest BCUT2D eigenvalue weighted by Gasteiger charge is -2.51. The van der Waals surface area contributed by atoms with E-state index in [0.717, 1.165) is 11.1 Å². The number of aromatic hydroxyl groups is 2. The Bertz CT molecular complexity index is 896. The van der Waals surface area contributed by atoms with E-state index >= 15 is 0 Å². The molecular weight excluding hydrogens is 372 g/mol. The Morgan fingerprint density at radius 2 is 1.10 bits per heavy atom. The maximum absolute atomic E-state index is 10.3. The zero-order valence-electron chi connectivity index (χ0n) is 17.8. The summed E-state index contributed by atoms with van der Waals surface area (Å²) in [6, 6.07) is 6.84. The molecule has 4 rings (SSSR count). The molecule has 2 N–H and O–H groups in total. The number of hydrogen-bond acceptors (Lipinski definition) is 6. The Hall–Kier alpha value is -2.76. The molecule has 0 radical (unpaired) electrons. The first-order valence-corrected chi connectivity index (χ1v) is 9.71. The van der Waals surface area contributed by atoms with Gasteiger partial charge in [-0.2, -0.15) is 0 Å². The molecule has 2 aliphatic rings. The first-order valence-electron chi connectivity index (χ1n) is 9.71. The van der Waals surface area contributed by atoms with Crippen LogP contribution < -0.4 is 18.9 Å². The van der Waals surface area contributed by atoms with Crippen molar-refractivity contribution in [3.63, 3.8) is 0 Å². The standard InChI is InChI=1S/C23H28O6/c1-21(2)11-23(28-17-9-15(24)19(26-5)7-13(17)21)12-22(3,4)14-8-20(27-6)16(25)10-18(14)29-23/h7-10,24-25H,11-12H2,1-6H3. The van der Waals surface area contributed by atoms with Crippen LogP contribution in [0.2, 0.25) is 0 Å². The van der Waals surface area contributed by atoms with Crippen molar-refractivity contribution >= 4 is 0 Å². The van der Waals surface area contributed by atoms with Crippen LogP contribution in [-0.4, -0.2) is 30.2 Å². The zero-order valence-corrected chi connectivity index (χ0v) is 17.8. The molecule has 0 bridgehead atoms. The third kappa shape index (κ3) is 3.02. The average Bonchev–Trinajstić information content (AvgIpc) is 2.59. The molecule has 6 heteroatoms. The van der Waals surface area contributed by atoms with Crippen LogP contribution in [0.5, 0.6) is 34.5 Å². The molecule has 0 unspecified atom stereocenters. The summed E-state index contributed by atoms with van der Waals surface area (Å²) in [6.07, 6.45) is 1.22. The van der Waals surface area contributed by atoms with Crippen LogP contribution in [0.1, 0.15) is 51.7 Å². The van der Waals surface area contributed by atoms with Crippen molar-refractivity contribution in [2.24, 2.45) is 0 Å². The van der Waals surface area contributed by atoms with Crippen LogP contribution in [0.4, 0.5) is 0 Å². The van der Waals surface area contributed by atoms with E-state index in [4.69, 9.17) is 18.9 Å². The third-order valence-electron chi connectivity index (χ3n) is 6.03. The molecule has 0 atom stereocenters. The molecule has 0 saturated carbocycles. The number of ether oxygens (including phenoxy) is 4. The number of phenols is 2. The SMILES string of the molecule is COc1cc2c(cc1O)OC1(CC2(C)C)CC(C)(C)c2cc(OC)c(O)cc2O1. The number of fused-ring (bicyclic) bond motifs is 2. The van der Waals surface area contributed by atoms with Gasteiger partial charge in [0.15, 0.2) is 23.0 Å². The van der Waals surface area contributed by atoms with E-state index in [1.165, 1.54) is 14.2 Å². The minimum atomic E-state index is -0.922. The van der Waals surface area contributed by atoms with E-state index in [9.17, 15) is 10.2 Å². The molecule has 0 aliphatic carbocycles. The van der Waals surface area contributed by atoms with E-state index in [1.807, 2.05) is 12.1 Å². The molecule has 6 nitrogen and oxygen atoms in total. The highest BCUT2D eigenvalue weighted by Gasteiger charge is 2.53. The van der Waals surface area contributed by atoms with Crippen LogP contribution in [0, 0.1) is 0 Å². The van der Waals surface area contributed by atoms with Gasteiger partial charge in [-0.05, 0) is 12.1 Å². The van der Waals surface area contributed by atoms with Crippen LogP contribution >= 0.6 is 0 Å². The Morgan fingerprint density at radius 3 is 1.45 bits per heavy atom. The minimum absolute atomic E-state index is 0.0250. The van der Waals surface area contributed by atoms with Crippen LogP contribution in [0.3, 0.4) is 0 Å². The fraction of sp³-hybridized carbons (Fsp3) is 0.478. The molecule has 0 saturated heterocycles. The van der Waals surface area contributed by atoms with E-state index in [0.29, 0.717) is 35.8 Å². The first-order chi connectivity index (χ1) is 13.5. The zero-order chi connectivity index (χ0) is 21.2. The number of phenolic OH excluding ortho intramolecular Hbond substituents is 2. The average molecular weight is 400 g/mol. The van der Waals surface area contributed by atoms with Gasteiger partial charge in [0, 0.05) is 46.9 Å². The highest BCUT2D eigenvalue weighted by molar-refractivity contribution is 5.56. The summed E-state index contributed by atoms with van der Waals surface area (Å²) in [5.41, 5.74) is 1.36. The Balaban J connectivity index is 1.82. The van der Waals surface area contributed by atoms with Gasteiger partial charge < -0.3 is 29.2 Å². The van der Waals surface area contributed by atoms with Gasteiger partial charge in [0.05, 0.1) is 14.2 Å². The van der Waals surface area contributed by atoms with Gasteiger partial charge in [0.1, 0.15) is 11.5 Å². The lowest BCUT2D eigenvalue weighted by molar-refractivity contribution is -0.166. The highest BCUT2D eigenvalue weighted by Crippen LogP contribution is 2.56. The molecular formula is C23H28O6. The molecule has 2 heterocycles. The van der Waals surface area contributed by atoms with Crippen LogP contribution in [0.25, 0.3) is 0 Å². The molecule has 2 aliphatic heterocycles. The number of benzene rings is 2. The molecule has 0 fully saturated rings. The molecule has 1 spiro atoms. The van der Waals surface area contributed by atoms with Crippen molar-refractivity contribution in [3.05, 3.63) is 35.4 Å². The first kappa shape index (κ1) is 19.6. The number of methoxy groups -OCH3 is 2. The third-order valence-corrected chi connectivity index (χ3v) is 6.03. The summed E-state index contributed by atoms with van der Waals surface area (Å²) in [6.45, 7) is 8.52. The van der Waals surface area contributed by atoms with Crippen molar-refractivity contribution in [1.82, 2.24) is 0 Å². The summed E-state index contributed by atoms with van der Waals surface area (Å²) in [5, 5.41) is 20.6. The number of rotatable bonds is 2. The summed E-state index contributed by atoms with van der Waals surface area (Å²) >= 11 is 0. The second-order valence-corrected chi connectivity index (χ2v) is 9.28. The predicted molar refractivity (Wildman–Crippen MR) is 109 cm³/mol. The van der Waals surface area contributed by atoms with Crippen LogP contribution in [-0.2, 0) is 10.8 Å². The molecule has 2 aromatic rings. The number of hydrogen-bond donors (Lipinski definition) is 2. The van der Waals surface area contributed by atoms with E-state index in [2.05, 4.69) is 27.7 Å². The second kappa shape index (κ2) is 6.12. The van der Waals surface area contributed by atoms with Gasteiger partial charge in [0.2, 0.25) is 0 Å². The summed E-state index contributed by atoms with van der Waals surface area (Å²) in [5.74, 6) is 1.13. The minimum Gasteiger partial charge on any atom is -0.504 e. The fourth-order valence-corrected chi connectivity index (χ4v) is 4.82. The largest absolute Gasteiger partial charge is 0.504 e. The Labute approximate surface area is 171 Å². The van der Waals surface area contributed by atoms with E-state index in [1.54, 1.807) is 12.1 Å². The molecule has 0 aromatic heterocycles. The molecule has 156 valence electrons. The topological polar surface area (TPSA) is 77.4 Å². The lowest BCUT2D eigenvalue weighted by atomic mass is 9.69. The van der Waals surface area contributed by atoms with Gasteiger partial charge in [0.25, 0.3) is 5.79 Å². The van der Waals surface area contributed by atoms with Crippen LogP contribution in [0.15, 0.2) is 24.3 Å². The van der Waals surface area contributed by atoms with E-state index in [-0.39, 0.29) is 22.3 Å². The quantitative estimate of drug-likeness (QED) is 0.765. The van der Waals surface area contributed by atoms with E-state index < -0.39 is 5.79 Å². The Kier molecular flexibility index (Phi) is 4.12. The van der Waals surface area contributed by atoms with Crippen molar-refractivity contribution in [2.45, 2.75) is 57.2 Å². The van der Waals surface area contributed by atoms with Crippen molar-refractivity contribution in [3.8, 4) is 34.5 Å². The monoisotopic (exact) mass is 400 g/mol. The van der Waals surface area contributed by atoms with Gasteiger partial charge in [-0.3, -0.25) is 0 Å². The lowest BCUT2D eigenvalue weighted by Crippen LogP contribution is -2.55. The fourth-order valence-electron chi connectivity index (χ4n) is 4.82. The second-order valence-electron chi connectivity index (χ2n) is 9.28. The van der Waals surface area contributed by atoms with Crippen molar-refractivity contribution in [2.75, 3.05) is 14.2 Å². The molecule has 29 heavy (non-hydrogen) atoms. The maximum Gasteiger partial charge on any atom is 0.252 e. The summed E-state index contributed by atoms with van der Waals surface area (Å²) in [4.78, 5) is 0. The van der Waals surface area contributed by atoms with Crippen molar-refractivity contribution in [1.29, 1.82) is 0 Å². The normalized spacial score (nSPS) is 20.1. The summed E-state index contributed by atoms with van der Waals surface area (Å²) in [7, 11) is 3.06. The smallest absolute Gasteiger partial charge is 0.252 e. The molecule has 0 amide bonds.